The number of aryl methyl sites for hydroxylation is 1. The summed E-state index contributed by atoms with van der Waals surface area (Å²) >= 11 is 6.18. The van der Waals surface area contributed by atoms with E-state index in [1.165, 1.54) is 23.8 Å². The van der Waals surface area contributed by atoms with Gasteiger partial charge in [-0.3, -0.25) is 9.52 Å². The molecule has 3 aromatic rings. The van der Waals surface area contributed by atoms with E-state index in [1.54, 1.807) is 24.3 Å². The molecule has 2 N–H and O–H groups in total. The summed E-state index contributed by atoms with van der Waals surface area (Å²) in [7, 11) is -3.97. The van der Waals surface area contributed by atoms with Gasteiger partial charge >= 0.3 is 0 Å². The minimum Gasteiger partial charge on any atom is -0.346 e. The molecule has 0 heterocycles. The molecule has 0 radical (unpaired) electrons. The first-order valence-electron chi connectivity index (χ1n) is 10.7. The van der Waals surface area contributed by atoms with Crippen molar-refractivity contribution in [1.29, 1.82) is 0 Å². The molecule has 1 amide bonds. The maximum atomic E-state index is 12.9. The number of amides is 1. The molecule has 0 aliphatic rings. The van der Waals surface area contributed by atoms with Gasteiger partial charge in [0.1, 0.15) is 4.90 Å². The number of sulfonamides is 1. The first-order chi connectivity index (χ1) is 15.4. The molecule has 3 aromatic carbocycles. The van der Waals surface area contributed by atoms with Crippen LogP contribution in [0.2, 0.25) is 5.02 Å². The molecular weight excluding hydrogens is 456 g/mol. The lowest BCUT2D eigenvalue weighted by Crippen LogP contribution is -2.27. The van der Waals surface area contributed by atoms with E-state index in [-0.39, 0.29) is 32.8 Å². The molecule has 33 heavy (non-hydrogen) atoms. The van der Waals surface area contributed by atoms with Crippen molar-refractivity contribution in [1.82, 2.24) is 5.32 Å². The number of carbonyl (C=O) groups is 1. The van der Waals surface area contributed by atoms with E-state index in [4.69, 9.17) is 11.6 Å². The van der Waals surface area contributed by atoms with Crippen LogP contribution in [0.1, 0.15) is 60.8 Å². The van der Waals surface area contributed by atoms with Crippen LogP contribution in [0.3, 0.4) is 0 Å². The van der Waals surface area contributed by atoms with Gasteiger partial charge in [-0.2, -0.15) is 0 Å². The quantitative estimate of drug-likeness (QED) is 0.435. The van der Waals surface area contributed by atoms with Gasteiger partial charge in [-0.05, 0) is 60.7 Å². The predicted octanol–water partition coefficient (Wildman–Crippen LogP) is 6.24. The molecule has 7 heteroatoms. The van der Waals surface area contributed by atoms with Gasteiger partial charge in [0.25, 0.3) is 15.9 Å². The van der Waals surface area contributed by atoms with Crippen LogP contribution in [0.4, 0.5) is 5.69 Å². The minimum absolute atomic E-state index is 0.0389. The lowest BCUT2D eigenvalue weighted by molar-refractivity contribution is 0.0939. The molecule has 3 rings (SSSR count). The van der Waals surface area contributed by atoms with Crippen molar-refractivity contribution in [3.63, 3.8) is 0 Å². The molecule has 0 spiro atoms. The highest BCUT2D eigenvalue weighted by atomic mass is 35.5. The van der Waals surface area contributed by atoms with Crippen molar-refractivity contribution in [2.45, 2.75) is 51.0 Å². The molecule has 174 valence electrons. The number of anilines is 1. The fourth-order valence-electron chi connectivity index (χ4n) is 3.32. The SMILES string of the molecule is Cc1ccc(NS(=O)(=O)c2cc(C(=O)NC(C)c3ccc(C(C)(C)C)cc3)ccc2Cl)cc1. The van der Waals surface area contributed by atoms with Gasteiger partial charge in [-0.1, -0.05) is 74.3 Å². The number of nitrogens with one attached hydrogen (secondary N) is 2. The Labute approximate surface area is 201 Å². The third-order valence-corrected chi connectivity index (χ3v) is 7.27. The highest BCUT2D eigenvalue weighted by molar-refractivity contribution is 7.92. The van der Waals surface area contributed by atoms with Crippen molar-refractivity contribution >= 4 is 33.2 Å². The van der Waals surface area contributed by atoms with E-state index in [0.717, 1.165) is 11.1 Å². The Morgan fingerprint density at radius 3 is 2.12 bits per heavy atom. The van der Waals surface area contributed by atoms with Gasteiger partial charge in [-0.15, -0.1) is 0 Å². The molecule has 1 unspecified atom stereocenters. The Balaban J connectivity index is 1.79. The Hall–Kier alpha value is -2.83. The number of carbonyl (C=O) groups excluding carboxylic acids is 1. The zero-order chi connectivity index (χ0) is 24.4. The molecule has 0 saturated carbocycles. The lowest BCUT2D eigenvalue weighted by Gasteiger charge is -2.21. The van der Waals surface area contributed by atoms with Gasteiger partial charge in [-0.25, -0.2) is 8.42 Å². The maximum Gasteiger partial charge on any atom is 0.263 e. The van der Waals surface area contributed by atoms with Gasteiger partial charge in [0, 0.05) is 11.3 Å². The maximum absolute atomic E-state index is 12.9. The molecule has 0 saturated heterocycles. The zero-order valence-electron chi connectivity index (χ0n) is 19.4. The first-order valence-corrected chi connectivity index (χ1v) is 12.5. The highest BCUT2D eigenvalue weighted by Gasteiger charge is 2.21. The fourth-order valence-corrected chi connectivity index (χ4v) is 4.90. The Morgan fingerprint density at radius 1 is 0.939 bits per heavy atom. The third-order valence-electron chi connectivity index (χ3n) is 5.41. The summed E-state index contributed by atoms with van der Waals surface area (Å²) in [5.41, 5.74) is 3.85. The number of hydrogen-bond donors (Lipinski definition) is 2. The number of benzene rings is 3. The van der Waals surface area contributed by atoms with Crippen molar-refractivity contribution < 1.29 is 13.2 Å². The largest absolute Gasteiger partial charge is 0.346 e. The van der Waals surface area contributed by atoms with E-state index in [2.05, 4.69) is 42.9 Å². The summed E-state index contributed by atoms with van der Waals surface area (Å²) in [5, 5.41) is 2.97. The smallest absolute Gasteiger partial charge is 0.263 e. The topological polar surface area (TPSA) is 75.3 Å². The average Bonchev–Trinajstić information content (AvgIpc) is 2.74. The predicted molar refractivity (Wildman–Crippen MR) is 134 cm³/mol. The first kappa shape index (κ1) is 24.8. The van der Waals surface area contributed by atoms with Crippen molar-refractivity contribution in [3.8, 4) is 0 Å². The van der Waals surface area contributed by atoms with Gasteiger partial charge < -0.3 is 5.32 Å². The lowest BCUT2D eigenvalue weighted by atomic mass is 9.86. The van der Waals surface area contributed by atoms with Crippen LogP contribution < -0.4 is 10.0 Å². The summed E-state index contributed by atoms with van der Waals surface area (Å²) in [6.45, 7) is 10.2. The van der Waals surface area contributed by atoms with Gasteiger partial charge in [0.15, 0.2) is 0 Å². The average molecular weight is 485 g/mol. The van der Waals surface area contributed by atoms with Crippen LogP contribution in [0, 0.1) is 6.92 Å². The van der Waals surface area contributed by atoms with Crippen LogP contribution in [-0.4, -0.2) is 14.3 Å². The summed E-state index contributed by atoms with van der Waals surface area (Å²) in [6, 6.07) is 19.0. The summed E-state index contributed by atoms with van der Waals surface area (Å²) in [4.78, 5) is 12.7. The summed E-state index contributed by atoms with van der Waals surface area (Å²) in [6.07, 6.45) is 0. The second-order valence-corrected chi connectivity index (χ2v) is 11.2. The molecule has 1 atom stereocenters. The molecule has 0 aliphatic heterocycles. The molecule has 0 aromatic heterocycles. The van der Waals surface area contributed by atoms with E-state index in [9.17, 15) is 13.2 Å². The third kappa shape index (κ3) is 6.15. The van der Waals surface area contributed by atoms with Crippen LogP contribution in [0.25, 0.3) is 0 Å². The van der Waals surface area contributed by atoms with Crippen LogP contribution in [0.5, 0.6) is 0 Å². The standard InChI is InChI=1S/C26H29ClN2O3S/c1-17-6-13-22(14-7-17)29-33(31,32)24-16-20(10-15-23(24)27)25(30)28-18(2)19-8-11-21(12-9-19)26(3,4)5/h6-16,18,29H,1-5H3,(H,28,30). The highest BCUT2D eigenvalue weighted by Crippen LogP contribution is 2.27. The van der Waals surface area contributed by atoms with E-state index in [0.29, 0.717) is 5.69 Å². The molecular formula is C26H29ClN2O3S. The molecule has 5 nitrogen and oxygen atoms in total. The number of hydrogen-bond acceptors (Lipinski definition) is 3. The van der Waals surface area contributed by atoms with Gasteiger partial charge in [0.05, 0.1) is 11.1 Å². The minimum atomic E-state index is -3.97. The molecule has 0 fully saturated rings. The molecule has 0 bridgehead atoms. The number of halogens is 1. The van der Waals surface area contributed by atoms with Crippen molar-refractivity contribution in [2.75, 3.05) is 4.72 Å². The van der Waals surface area contributed by atoms with Crippen LogP contribution in [0.15, 0.2) is 71.6 Å². The Bertz CT molecular complexity index is 1250. The number of rotatable bonds is 6. The van der Waals surface area contributed by atoms with E-state index >= 15 is 0 Å². The second kappa shape index (κ2) is 9.57. The summed E-state index contributed by atoms with van der Waals surface area (Å²) < 4.78 is 28.3. The zero-order valence-corrected chi connectivity index (χ0v) is 21.0. The Morgan fingerprint density at radius 2 is 1.55 bits per heavy atom. The second-order valence-electron chi connectivity index (χ2n) is 9.18. The summed E-state index contributed by atoms with van der Waals surface area (Å²) in [5.74, 6) is -0.383. The monoisotopic (exact) mass is 484 g/mol. The van der Waals surface area contributed by atoms with Crippen molar-refractivity contribution in [3.05, 3.63) is 94.0 Å². The Kier molecular flexibility index (Phi) is 7.20. The van der Waals surface area contributed by atoms with Gasteiger partial charge in [0.2, 0.25) is 0 Å². The fraction of sp³-hybridized carbons (Fsp3) is 0.269. The van der Waals surface area contributed by atoms with Crippen LogP contribution in [-0.2, 0) is 15.4 Å². The normalized spacial score (nSPS) is 12.8. The molecule has 0 aliphatic carbocycles. The van der Waals surface area contributed by atoms with Crippen molar-refractivity contribution in [2.24, 2.45) is 0 Å². The van der Waals surface area contributed by atoms with Crippen LogP contribution >= 0.6 is 11.6 Å². The van der Waals surface area contributed by atoms with E-state index < -0.39 is 10.0 Å². The van der Waals surface area contributed by atoms with E-state index in [1.807, 2.05) is 26.0 Å².